The molecule has 0 aliphatic rings. The average molecular weight is 314 g/mol. The number of carbonyl (C=O) groups excluding carboxylic acids is 2. The zero-order valence-electron chi connectivity index (χ0n) is 8.05. The van der Waals surface area contributed by atoms with Gasteiger partial charge in [0, 0.05) is 0 Å². The molecule has 0 aromatic carbocycles. The van der Waals surface area contributed by atoms with Crippen LogP contribution in [0, 0.1) is 0 Å². The zero-order valence-corrected chi connectivity index (χ0v) is 8.05. The predicted octanol–water partition coefficient (Wildman–Crippen LogP) is 3.06. The first kappa shape index (κ1) is 19.9. The molecule has 0 aliphatic heterocycles. The van der Waals surface area contributed by atoms with Gasteiger partial charge in [0.05, 0.1) is 0 Å². The molecule has 0 amide bonds. The van der Waals surface area contributed by atoms with Gasteiger partial charge in [-0.25, -0.2) is 8.78 Å². The predicted molar refractivity (Wildman–Crippen MR) is 34.2 cm³/mol. The maximum atomic E-state index is 10.9. The van der Waals surface area contributed by atoms with Crippen molar-refractivity contribution in [2.75, 3.05) is 0 Å². The fourth-order valence-electron chi connectivity index (χ4n) is 0.284. The van der Waals surface area contributed by atoms with Crippen LogP contribution in [0.4, 0.5) is 48.3 Å². The SMILES string of the molecule is O=C(C(F)(F)F)C(F)(F)F.O=C(C(F)F)C(F)(F)F. The third-order valence-electron chi connectivity index (χ3n) is 0.993. The van der Waals surface area contributed by atoms with E-state index in [2.05, 4.69) is 0 Å². The zero-order chi connectivity index (χ0) is 16.2. The molecule has 2 nitrogen and oxygen atoms in total. The number of hydrogen-bond donors (Lipinski definition) is 0. The summed E-state index contributed by atoms with van der Waals surface area (Å²) in [5.74, 6) is -6.68. The highest BCUT2D eigenvalue weighted by molar-refractivity contribution is 5.89. The lowest BCUT2D eigenvalue weighted by atomic mass is 10.4. The minimum absolute atomic E-state index is 3.00. The molecule has 0 heterocycles. The van der Waals surface area contributed by atoms with Crippen LogP contribution < -0.4 is 0 Å². The highest BCUT2D eigenvalue weighted by Crippen LogP contribution is 2.28. The van der Waals surface area contributed by atoms with E-state index in [0.717, 1.165) is 0 Å². The monoisotopic (exact) mass is 314 g/mol. The van der Waals surface area contributed by atoms with Crippen molar-refractivity contribution in [3.8, 4) is 0 Å². The van der Waals surface area contributed by atoms with Gasteiger partial charge in [-0.15, -0.1) is 0 Å². The Morgan fingerprint density at radius 3 is 0.895 bits per heavy atom. The van der Waals surface area contributed by atoms with E-state index >= 15 is 0 Å². The lowest BCUT2D eigenvalue weighted by molar-refractivity contribution is -0.217. The Morgan fingerprint density at radius 2 is 0.895 bits per heavy atom. The molecule has 0 saturated carbocycles. The summed E-state index contributed by atoms with van der Waals surface area (Å²) in [4.78, 5) is 18.5. The van der Waals surface area contributed by atoms with Crippen molar-refractivity contribution < 1.29 is 57.9 Å². The summed E-state index contributed by atoms with van der Waals surface area (Å²) in [7, 11) is 0. The van der Waals surface area contributed by atoms with Gasteiger partial charge in [0.1, 0.15) is 0 Å². The first-order valence-electron chi connectivity index (χ1n) is 3.58. The van der Waals surface area contributed by atoms with Gasteiger partial charge in [0.15, 0.2) is 0 Å². The Morgan fingerprint density at radius 1 is 0.632 bits per heavy atom. The second-order valence-electron chi connectivity index (χ2n) is 2.49. The Hall–Kier alpha value is -1.43. The number of carbonyl (C=O) groups is 2. The van der Waals surface area contributed by atoms with E-state index in [1.54, 1.807) is 0 Å². The van der Waals surface area contributed by atoms with Crippen LogP contribution in [0.1, 0.15) is 0 Å². The van der Waals surface area contributed by atoms with Gasteiger partial charge in [-0.05, 0) is 0 Å². The second-order valence-corrected chi connectivity index (χ2v) is 2.49. The van der Waals surface area contributed by atoms with Crippen molar-refractivity contribution in [2.24, 2.45) is 0 Å². The van der Waals surface area contributed by atoms with E-state index in [-0.39, 0.29) is 0 Å². The van der Waals surface area contributed by atoms with E-state index in [4.69, 9.17) is 0 Å². The van der Waals surface area contributed by atoms with Gasteiger partial charge >= 0.3 is 36.5 Å². The first-order chi connectivity index (χ1) is 8.01. The number of hydrogen-bond acceptors (Lipinski definition) is 2. The molecule has 0 saturated heterocycles. The quantitative estimate of drug-likeness (QED) is 0.697. The van der Waals surface area contributed by atoms with Crippen molar-refractivity contribution in [3.05, 3.63) is 0 Å². The molecule has 0 fully saturated rings. The largest absolute Gasteiger partial charge is 0.459 e. The lowest BCUT2D eigenvalue weighted by Gasteiger charge is -2.06. The van der Waals surface area contributed by atoms with E-state index < -0.39 is 36.5 Å². The number of alkyl halides is 11. The summed E-state index contributed by atoms with van der Waals surface area (Å²) in [6, 6.07) is 0. The average Bonchev–Trinajstić information content (AvgIpc) is 2.12. The van der Waals surface area contributed by atoms with Crippen molar-refractivity contribution in [1.82, 2.24) is 0 Å². The molecule has 114 valence electrons. The summed E-state index contributed by atoms with van der Waals surface area (Å²) >= 11 is 0. The smallest absolute Gasteiger partial charge is 0.283 e. The molecule has 0 radical (unpaired) electrons. The normalized spacial score (nSPS) is 12.8. The highest BCUT2D eigenvalue weighted by Gasteiger charge is 2.55. The number of rotatable bonds is 1. The number of ketones is 2. The van der Waals surface area contributed by atoms with Crippen LogP contribution in [-0.2, 0) is 9.59 Å². The third-order valence-corrected chi connectivity index (χ3v) is 0.993. The molecular weight excluding hydrogens is 313 g/mol. The number of halogens is 11. The van der Waals surface area contributed by atoms with Crippen LogP contribution in [0.15, 0.2) is 0 Å². The van der Waals surface area contributed by atoms with Crippen LogP contribution in [-0.4, -0.2) is 36.5 Å². The molecule has 13 heteroatoms. The lowest BCUT2D eigenvalue weighted by Crippen LogP contribution is -2.36. The molecule has 0 atom stereocenters. The van der Waals surface area contributed by atoms with E-state index in [9.17, 15) is 57.9 Å². The van der Waals surface area contributed by atoms with Crippen LogP contribution >= 0.6 is 0 Å². The van der Waals surface area contributed by atoms with Crippen molar-refractivity contribution in [2.45, 2.75) is 25.0 Å². The Bertz CT molecular complexity index is 304. The Labute approximate surface area is 95.7 Å². The van der Waals surface area contributed by atoms with Gasteiger partial charge < -0.3 is 0 Å². The fraction of sp³-hybridized carbons (Fsp3) is 0.667. The Kier molecular flexibility index (Phi) is 6.43. The minimum Gasteiger partial charge on any atom is -0.283 e. The van der Waals surface area contributed by atoms with E-state index in [1.807, 2.05) is 0 Å². The maximum Gasteiger partial charge on any atom is 0.459 e. The first-order valence-corrected chi connectivity index (χ1v) is 3.58. The number of Topliss-reactive ketones (excluding diaryl/α,β-unsaturated/α-hetero) is 2. The fourth-order valence-corrected chi connectivity index (χ4v) is 0.284. The van der Waals surface area contributed by atoms with Crippen molar-refractivity contribution >= 4 is 11.6 Å². The van der Waals surface area contributed by atoms with E-state index in [1.165, 1.54) is 0 Å². The van der Waals surface area contributed by atoms with Crippen molar-refractivity contribution in [1.29, 1.82) is 0 Å². The molecular formula is C6HF11O2. The van der Waals surface area contributed by atoms with Crippen molar-refractivity contribution in [3.63, 3.8) is 0 Å². The molecule has 0 unspecified atom stereocenters. The van der Waals surface area contributed by atoms with Gasteiger partial charge in [-0.3, -0.25) is 9.59 Å². The summed E-state index contributed by atoms with van der Waals surface area (Å²) < 4.78 is 120. The second kappa shape index (κ2) is 6.14. The molecule has 0 bridgehead atoms. The standard InChI is InChI=1S/C3F6O.C3HF5O/c4-2(5,6)1(10)3(7,8)9;4-2(5)1(9)3(6,7)8/h;2H. The summed E-state index contributed by atoms with van der Waals surface area (Å²) in [5.41, 5.74) is 0. The summed E-state index contributed by atoms with van der Waals surface area (Å²) in [6.45, 7) is 0. The molecule has 0 aromatic heterocycles. The molecule has 0 rings (SSSR count). The minimum atomic E-state index is -5.82. The van der Waals surface area contributed by atoms with Crippen LogP contribution in [0.5, 0.6) is 0 Å². The van der Waals surface area contributed by atoms with Crippen LogP contribution in [0.25, 0.3) is 0 Å². The summed E-state index contributed by atoms with van der Waals surface area (Å²) in [6.07, 6.45) is -21.0. The third kappa shape index (κ3) is 8.31. The van der Waals surface area contributed by atoms with Gasteiger partial charge in [-0.1, -0.05) is 0 Å². The topological polar surface area (TPSA) is 34.1 Å². The molecule has 0 aliphatic carbocycles. The highest BCUT2D eigenvalue weighted by atomic mass is 19.4. The summed E-state index contributed by atoms with van der Waals surface area (Å²) in [5, 5.41) is 0. The maximum absolute atomic E-state index is 10.9. The van der Waals surface area contributed by atoms with Gasteiger partial charge in [0.2, 0.25) is 0 Å². The van der Waals surface area contributed by atoms with Gasteiger partial charge in [-0.2, -0.15) is 39.5 Å². The van der Waals surface area contributed by atoms with Crippen LogP contribution in [0.2, 0.25) is 0 Å². The molecule has 0 spiro atoms. The Balaban J connectivity index is 0. The van der Waals surface area contributed by atoms with Gasteiger partial charge in [0.25, 0.3) is 0 Å². The van der Waals surface area contributed by atoms with Crippen LogP contribution in [0.3, 0.4) is 0 Å². The molecule has 0 N–H and O–H groups in total. The molecule has 0 aromatic rings. The van der Waals surface area contributed by atoms with E-state index in [0.29, 0.717) is 0 Å². The molecule has 19 heavy (non-hydrogen) atoms.